The van der Waals surface area contributed by atoms with Crippen LogP contribution in [0.2, 0.25) is 0 Å². The smallest absolute Gasteiger partial charge is 0.322 e. The van der Waals surface area contributed by atoms with Gasteiger partial charge in [0.05, 0.1) is 6.61 Å². The van der Waals surface area contributed by atoms with E-state index in [0.717, 1.165) is 0 Å². The predicted molar refractivity (Wildman–Crippen MR) is 30.0 cm³/mol. The van der Waals surface area contributed by atoms with Crippen molar-refractivity contribution in [2.75, 3.05) is 6.61 Å². The maximum Gasteiger partial charge on any atom is 0.322 e. The Bertz CT molecular complexity index is 80.5. The minimum absolute atomic E-state index is 0.363. The lowest BCUT2D eigenvalue weighted by atomic mass is 10.4. The van der Waals surface area contributed by atoms with Crippen LogP contribution in [0, 0.1) is 6.92 Å². The Morgan fingerprint density at radius 1 is 2.00 bits per heavy atom. The molecule has 0 bridgehead atoms. The standard InChI is InChI=1S/C5H10NO2/c1-3-8-5(7)4(2)6/h4H,2-3,6H2,1H3. The van der Waals surface area contributed by atoms with E-state index in [4.69, 9.17) is 5.73 Å². The molecule has 0 amide bonds. The third-order valence-corrected chi connectivity index (χ3v) is 0.589. The first-order valence-corrected chi connectivity index (χ1v) is 2.43. The molecule has 0 aromatic rings. The van der Waals surface area contributed by atoms with Gasteiger partial charge in [-0.25, -0.2) is 0 Å². The van der Waals surface area contributed by atoms with Crippen molar-refractivity contribution in [3.63, 3.8) is 0 Å². The van der Waals surface area contributed by atoms with Crippen LogP contribution in [0.1, 0.15) is 6.92 Å². The highest BCUT2D eigenvalue weighted by Crippen LogP contribution is 1.80. The van der Waals surface area contributed by atoms with Gasteiger partial charge in [0.2, 0.25) is 0 Å². The molecule has 3 heteroatoms. The zero-order chi connectivity index (χ0) is 6.57. The van der Waals surface area contributed by atoms with Crippen molar-refractivity contribution >= 4 is 5.97 Å². The summed E-state index contributed by atoms with van der Waals surface area (Å²) in [5.74, 6) is -0.451. The summed E-state index contributed by atoms with van der Waals surface area (Å²) < 4.78 is 4.48. The molecule has 0 spiro atoms. The van der Waals surface area contributed by atoms with Gasteiger partial charge >= 0.3 is 5.97 Å². The lowest BCUT2D eigenvalue weighted by Gasteiger charge is -2.01. The fraction of sp³-hybridized carbons (Fsp3) is 0.600. The zero-order valence-corrected chi connectivity index (χ0v) is 4.89. The molecule has 8 heavy (non-hydrogen) atoms. The topological polar surface area (TPSA) is 52.3 Å². The first-order chi connectivity index (χ1) is 3.68. The summed E-state index contributed by atoms with van der Waals surface area (Å²) in [4.78, 5) is 10.3. The van der Waals surface area contributed by atoms with Crippen molar-refractivity contribution < 1.29 is 9.53 Å². The Kier molecular flexibility index (Phi) is 3.19. The molecular formula is C5H10NO2. The first kappa shape index (κ1) is 7.43. The fourth-order valence-electron chi connectivity index (χ4n) is 0.249. The van der Waals surface area contributed by atoms with E-state index in [-0.39, 0.29) is 0 Å². The van der Waals surface area contributed by atoms with Gasteiger partial charge < -0.3 is 10.5 Å². The number of ether oxygens (including phenoxy) is 1. The van der Waals surface area contributed by atoms with Gasteiger partial charge in [0.15, 0.2) is 0 Å². The molecule has 47 valence electrons. The summed E-state index contributed by atoms with van der Waals surface area (Å²) in [6.45, 7) is 5.35. The van der Waals surface area contributed by atoms with Gasteiger partial charge in [-0.1, -0.05) is 0 Å². The van der Waals surface area contributed by atoms with Crippen molar-refractivity contribution in [2.24, 2.45) is 5.73 Å². The monoisotopic (exact) mass is 116 g/mol. The maximum absolute atomic E-state index is 10.3. The van der Waals surface area contributed by atoms with Crippen molar-refractivity contribution in [3.05, 3.63) is 6.92 Å². The number of nitrogens with two attached hydrogens (primary N) is 1. The quantitative estimate of drug-likeness (QED) is 0.504. The average Bonchev–Trinajstić information content (AvgIpc) is 1.67. The van der Waals surface area contributed by atoms with Gasteiger partial charge in [-0.05, 0) is 13.8 Å². The van der Waals surface area contributed by atoms with Crippen LogP contribution in [0.4, 0.5) is 0 Å². The molecule has 1 unspecified atom stereocenters. The van der Waals surface area contributed by atoms with E-state index in [9.17, 15) is 4.79 Å². The van der Waals surface area contributed by atoms with E-state index in [1.54, 1.807) is 6.92 Å². The highest BCUT2D eigenvalue weighted by molar-refractivity contribution is 5.76. The molecule has 1 atom stereocenters. The van der Waals surface area contributed by atoms with Crippen LogP contribution in [0.15, 0.2) is 0 Å². The molecule has 0 aliphatic heterocycles. The van der Waals surface area contributed by atoms with Crippen LogP contribution < -0.4 is 5.73 Å². The van der Waals surface area contributed by atoms with E-state index in [1.807, 2.05) is 0 Å². The summed E-state index contributed by atoms with van der Waals surface area (Å²) in [6, 6.07) is -0.741. The normalized spacial score (nSPS) is 12.9. The van der Waals surface area contributed by atoms with E-state index >= 15 is 0 Å². The molecule has 3 nitrogen and oxygen atoms in total. The number of esters is 1. The average molecular weight is 116 g/mol. The second kappa shape index (κ2) is 3.43. The minimum Gasteiger partial charge on any atom is -0.465 e. The Balaban J connectivity index is 3.33. The Morgan fingerprint density at radius 3 is 2.62 bits per heavy atom. The second-order valence-electron chi connectivity index (χ2n) is 1.36. The number of carbonyl (C=O) groups excluding carboxylic acids is 1. The molecule has 2 N–H and O–H groups in total. The van der Waals surface area contributed by atoms with Gasteiger partial charge in [-0.3, -0.25) is 4.79 Å². The Hall–Kier alpha value is -0.570. The van der Waals surface area contributed by atoms with Crippen molar-refractivity contribution in [1.82, 2.24) is 0 Å². The van der Waals surface area contributed by atoms with E-state index < -0.39 is 12.0 Å². The number of rotatable bonds is 2. The fourth-order valence-corrected chi connectivity index (χ4v) is 0.249. The summed E-state index contributed by atoms with van der Waals surface area (Å²) in [5.41, 5.74) is 5.04. The SMILES string of the molecule is [CH2]C(N)C(=O)OCC. The first-order valence-electron chi connectivity index (χ1n) is 2.43. The number of carbonyl (C=O) groups is 1. The molecule has 0 heterocycles. The van der Waals surface area contributed by atoms with Crippen LogP contribution in [0.25, 0.3) is 0 Å². The molecule has 0 saturated heterocycles. The third-order valence-electron chi connectivity index (χ3n) is 0.589. The van der Waals surface area contributed by atoms with Gasteiger partial charge in [0.25, 0.3) is 0 Å². The van der Waals surface area contributed by atoms with Crippen molar-refractivity contribution in [1.29, 1.82) is 0 Å². The Labute approximate surface area is 48.8 Å². The highest BCUT2D eigenvalue weighted by atomic mass is 16.5. The van der Waals surface area contributed by atoms with Crippen molar-refractivity contribution in [2.45, 2.75) is 13.0 Å². The zero-order valence-electron chi connectivity index (χ0n) is 4.89. The predicted octanol–water partition coefficient (Wildman–Crippen LogP) is -0.289. The largest absolute Gasteiger partial charge is 0.465 e. The summed E-state index contributed by atoms with van der Waals surface area (Å²) in [7, 11) is 0. The summed E-state index contributed by atoms with van der Waals surface area (Å²) in [6.07, 6.45) is 0. The molecule has 0 fully saturated rings. The molecule has 1 radical (unpaired) electrons. The molecule has 0 aliphatic carbocycles. The maximum atomic E-state index is 10.3. The summed E-state index contributed by atoms with van der Waals surface area (Å²) in [5, 5.41) is 0. The van der Waals surface area contributed by atoms with Crippen molar-refractivity contribution in [3.8, 4) is 0 Å². The number of hydrogen-bond acceptors (Lipinski definition) is 3. The molecule has 0 aromatic carbocycles. The molecule has 0 aliphatic rings. The van der Waals surface area contributed by atoms with Crippen LogP contribution in [-0.4, -0.2) is 18.6 Å². The number of hydrogen-bond donors (Lipinski definition) is 1. The highest BCUT2D eigenvalue weighted by Gasteiger charge is 2.05. The van der Waals surface area contributed by atoms with E-state index in [2.05, 4.69) is 11.7 Å². The second-order valence-corrected chi connectivity index (χ2v) is 1.36. The molecule has 0 aromatic heterocycles. The Morgan fingerprint density at radius 2 is 2.50 bits per heavy atom. The molecule has 0 saturated carbocycles. The van der Waals surface area contributed by atoms with Crippen LogP contribution in [-0.2, 0) is 9.53 Å². The van der Waals surface area contributed by atoms with Gasteiger partial charge in [-0.15, -0.1) is 0 Å². The molecule has 0 rings (SSSR count). The lowest BCUT2D eigenvalue weighted by molar-refractivity contribution is -0.143. The lowest BCUT2D eigenvalue weighted by Crippen LogP contribution is -2.28. The van der Waals surface area contributed by atoms with E-state index in [1.165, 1.54) is 0 Å². The third kappa shape index (κ3) is 2.58. The van der Waals surface area contributed by atoms with Crippen LogP contribution in [0.5, 0.6) is 0 Å². The van der Waals surface area contributed by atoms with Crippen LogP contribution in [0.3, 0.4) is 0 Å². The minimum atomic E-state index is -0.741. The van der Waals surface area contributed by atoms with Gasteiger partial charge in [-0.2, -0.15) is 0 Å². The summed E-state index contributed by atoms with van der Waals surface area (Å²) >= 11 is 0. The van der Waals surface area contributed by atoms with Gasteiger partial charge in [0.1, 0.15) is 6.04 Å². The molecular weight excluding hydrogens is 106 g/mol. The van der Waals surface area contributed by atoms with Gasteiger partial charge in [0, 0.05) is 0 Å². The van der Waals surface area contributed by atoms with Crippen LogP contribution >= 0.6 is 0 Å². The van der Waals surface area contributed by atoms with E-state index in [0.29, 0.717) is 6.61 Å².